The molecule has 2 saturated heterocycles. The van der Waals surface area contributed by atoms with Crippen LogP contribution in [0.15, 0.2) is 79.1 Å². The van der Waals surface area contributed by atoms with E-state index in [-0.39, 0.29) is 23.7 Å². The first-order valence-electron chi connectivity index (χ1n) is 10.9. The van der Waals surface area contributed by atoms with Crippen LogP contribution in [-0.2, 0) is 6.54 Å². The van der Waals surface area contributed by atoms with Crippen molar-refractivity contribution in [3.63, 3.8) is 0 Å². The number of nitrogens with zero attached hydrogens (tertiary/aromatic N) is 3. The predicted octanol–water partition coefficient (Wildman–Crippen LogP) is 4.35. The molecule has 2 aromatic carbocycles. The van der Waals surface area contributed by atoms with Gasteiger partial charge in [0.05, 0.1) is 5.56 Å². The van der Waals surface area contributed by atoms with Gasteiger partial charge in [0.25, 0.3) is 5.91 Å². The van der Waals surface area contributed by atoms with Gasteiger partial charge in [0.15, 0.2) is 0 Å². The van der Waals surface area contributed by atoms with Gasteiger partial charge in [0, 0.05) is 56.5 Å². The average Bonchev–Trinajstić information content (AvgIpc) is 3.19. The molecule has 0 saturated carbocycles. The van der Waals surface area contributed by atoms with Crippen molar-refractivity contribution in [2.24, 2.45) is 5.92 Å². The Morgan fingerprint density at radius 3 is 2.55 bits per heavy atom. The summed E-state index contributed by atoms with van der Waals surface area (Å²) in [7, 11) is 0. The maximum Gasteiger partial charge on any atom is 0.255 e. The lowest BCUT2D eigenvalue weighted by Crippen LogP contribution is -2.47. The molecule has 2 fully saturated rings. The molecule has 0 spiro atoms. The zero-order chi connectivity index (χ0) is 21.2. The molecule has 0 N–H and O–H groups in total. The number of fused-ring (bicyclic) bond motifs is 1. The minimum atomic E-state index is -0.226. The second-order valence-electron chi connectivity index (χ2n) is 8.60. The summed E-state index contributed by atoms with van der Waals surface area (Å²) in [5.74, 6) is 0.341. The number of hydrogen-bond acceptors (Lipinski definition) is 3. The maximum absolute atomic E-state index is 13.6. The lowest BCUT2D eigenvalue weighted by Gasteiger charge is -2.39. The van der Waals surface area contributed by atoms with Gasteiger partial charge in [-0.3, -0.25) is 14.7 Å². The summed E-state index contributed by atoms with van der Waals surface area (Å²) in [6, 6.07) is 21.2. The van der Waals surface area contributed by atoms with Crippen molar-refractivity contribution in [2.45, 2.75) is 24.9 Å². The molecule has 3 atom stereocenters. The smallest absolute Gasteiger partial charge is 0.255 e. The average molecular weight is 416 g/mol. The summed E-state index contributed by atoms with van der Waals surface area (Å²) in [6.45, 7) is 3.46. The first kappa shape index (κ1) is 19.9. The van der Waals surface area contributed by atoms with Gasteiger partial charge >= 0.3 is 0 Å². The quantitative estimate of drug-likeness (QED) is 0.636. The number of benzene rings is 2. The molecule has 5 heteroatoms. The number of carbonyl (C=O) groups excluding carboxylic acids is 1. The summed E-state index contributed by atoms with van der Waals surface area (Å²) in [5, 5.41) is 0. The van der Waals surface area contributed by atoms with Crippen molar-refractivity contribution in [3.05, 3.63) is 102 Å². The first-order chi connectivity index (χ1) is 15.2. The molecular weight excluding hydrogens is 389 g/mol. The molecule has 3 heterocycles. The standard InChI is InChI=1S/C26H26FN3O/c27-22-10-8-20(9-11-22)23-18-30(26(31)21-7-4-13-28-15-21)25-12-14-29(17-24(23)25)16-19-5-2-1-3-6-19/h1-11,13,15,23-25H,12,14,16-18H2/t23-,24-,25-/m1/s1. The molecule has 1 aromatic heterocycles. The number of piperidine rings is 1. The van der Waals surface area contributed by atoms with Gasteiger partial charge in [0.1, 0.15) is 5.82 Å². The molecule has 0 unspecified atom stereocenters. The fourth-order valence-electron chi connectivity index (χ4n) is 5.24. The van der Waals surface area contributed by atoms with Gasteiger partial charge in [-0.2, -0.15) is 0 Å². The fourth-order valence-corrected chi connectivity index (χ4v) is 5.24. The number of likely N-dealkylation sites (tertiary alicyclic amines) is 2. The molecule has 4 nitrogen and oxygen atoms in total. The third kappa shape index (κ3) is 4.10. The Hall–Kier alpha value is -3.05. The van der Waals surface area contributed by atoms with Gasteiger partial charge in [-0.25, -0.2) is 4.39 Å². The number of hydrogen-bond donors (Lipinski definition) is 0. The fraction of sp³-hybridized carbons (Fsp3) is 0.308. The molecule has 1 amide bonds. The van der Waals surface area contributed by atoms with Crippen LogP contribution < -0.4 is 0 Å². The Balaban J connectivity index is 1.41. The van der Waals surface area contributed by atoms with E-state index in [9.17, 15) is 9.18 Å². The van der Waals surface area contributed by atoms with Crippen LogP contribution in [0.5, 0.6) is 0 Å². The highest BCUT2D eigenvalue weighted by atomic mass is 19.1. The molecule has 2 aliphatic heterocycles. The second-order valence-corrected chi connectivity index (χ2v) is 8.60. The van der Waals surface area contributed by atoms with E-state index in [1.807, 2.05) is 29.2 Å². The van der Waals surface area contributed by atoms with Gasteiger partial charge in [0.2, 0.25) is 0 Å². The summed E-state index contributed by atoms with van der Waals surface area (Å²) >= 11 is 0. The van der Waals surface area contributed by atoms with E-state index in [4.69, 9.17) is 0 Å². The first-order valence-corrected chi connectivity index (χ1v) is 10.9. The molecule has 31 heavy (non-hydrogen) atoms. The highest BCUT2D eigenvalue weighted by molar-refractivity contribution is 5.94. The Bertz CT molecular complexity index is 1030. The van der Waals surface area contributed by atoms with E-state index >= 15 is 0 Å². The predicted molar refractivity (Wildman–Crippen MR) is 118 cm³/mol. The molecule has 0 aliphatic carbocycles. The van der Waals surface area contributed by atoms with Gasteiger partial charge in [-0.05, 0) is 41.8 Å². The Morgan fingerprint density at radius 2 is 1.81 bits per heavy atom. The molecule has 158 valence electrons. The highest BCUT2D eigenvalue weighted by Gasteiger charge is 2.47. The zero-order valence-corrected chi connectivity index (χ0v) is 17.4. The van der Waals surface area contributed by atoms with E-state index in [1.54, 1.807) is 18.5 Å². The topological polar surface area (TPSA) is 36.4 Å². The van der Waals surface area contributed by atoms with Crippen LogP contribution in [0.4, 0.5) is 4.39 Å². The number of amides is 1. The van der Waals surface area contributed by atoms with Crippen molar-refractivity contribution in [1.82, 2.24) is 14.8 Å². The molecule has 2 aliphatic rings. The number of rotatable bonds is 4. The number of pyridine rings is 1. The third-order valence-electron chi connectivity index (χ3n) is 6.73. The highest BCUT2D eigenvalue weighted by Crippen LogP contribution is 2.42. The van der Waals surface area contributed by atoms with Crippen molar-refractivity contribution >= 4 is 5.91 Å². The van der Waals surface area contributed by atoms with Crippen LogP contribution in [0.2, 0.25) is 0 Å². The van der Waals surface area contributed by atoms with Crippen LogP contribution in [0, 0.1) is 11.7 Å². The van der Waals surface area contributed by atoms with Crippen molar-refractivity contribution in [2.75, 3.05) is 19.6 Å². The zero-order valence-electron chi connectivity index (χ0n) is 17.4. The summed E-state index contributed by atoms with van der Waals surface area (Å²) in [4.78, 5) is 22.0. The van der Waals surface area contributed by atoms with Crippen molar-refractivity contribution < 1.29 is 9.18 Å². The maximum atomic E-state index is 13.6. The molecular formula is C26H26FN3O. The van der Waals surface area contributed by atoms with Crippen molar-refractivity contribution in [1.29, 1.82) is 0 Å². The summed E-state index contributed by atoms with van der Waals surface area (Å²) in [6.07, 6.45) is 4.28. The van der Waals surface area contributed by atoms with E-state index in [0.29, 0.717) is 18.0 Å². The molecule has 0 radical (unpaired) electrons. The Morgan fingerprint density at radius 1 is 1.00 bits per heavy atom. The summed E-state index contributed by atoms with van der Waals surface area (Å²) < 4.78 is 13.6. The largest absolute Gasteiger partial charge is 0.335 e. The molecule has 0 bridgehead atoms. The number of carbonyl (C=O) groups is 1. The number of aromatic nitrogens is 1. The number of halogens is 1. The lowest BCUT2D eigenvalue weighted by molar-refractivity contribution is 0.0613. The van der Waals surface area contributed by atoms with Crippen LogP contribution >= 0.6 is 0 Å². The SMILES string of the molecule is O=C(c1cccnc1)N1C[C@H](c2ccc(F)cc2)[C@H]2CN(Cc3ccccc3)CC[C@H]21. The Labute approximate surface area is 182 Å². The normalized spacial score (nSPS) is 23.5. The van der Waals surface area contributed by atoms with Crippen molar-refractivity contribution in [3.8, 4) is 0 Å². The minimum Gasteiger partial charge on any atom is -0.335 e. The molecule has 5 rings (SSSR count). The van der Waals surface area contributed by atoms with Crippen LogP contribution in [0.1, 0.15) is 33.8 Å². The Kier molecular flexibility index (Phi) is 5.51. The van der Waals surface area contributed by atoms with Crippen LogP contribution in [0.25, 0.3) is 0 Å². The van der Waals surface area contributed by atoms with E-state index in [0.717, 1.165) is 31.6 Å². The summed E-state index contributed by atoms with van der Waals surface area (Å²) in [5.41, 5.74) is 3.05. The van der Waals surface area contributed by atoms with E-state index in [2.05, 4.69) is 34.1 Å². The van der Waals surface area contributed by atoms with Gasteiger partial charge in [-0.1, -0.05) is 42.5 Å². The van der Waals surface area contributed by atoms with Crippen LogP contribution in [-0.4, -0.2) is 46.4 Å². The van der Waals surface area contributed by atoms with Gasteiger partial charge in [-0.15, -0.1) is 0 Å². The van der Waals surface area contributed by atoms with Crippen LogP contribution in [0.3, 0.4) is 0 Å². The van der Waals surface area contributed by atoms with E-state index in [1.165, 1.54) is 17.7 Å². The monoisotopic (exact) mass is 415 g/mol. The molecule has 3 aromatic rings. The van der Waals surface area contributed by atoms with Gasteiger partial charge < -0.3 is 4.90 Å². The second kappa shape index (κ2) is 8.60. The minimum absolute atomic E-state index is 0.0456. The lowest BCUT2D eigenvalue weighted by atomic mass is 9.81. The van der Waals surface area contributed by atoms with E-state index < -0.39 is 0 Å². The third-order valence-corrected chi connectivity index (χ3v) is 6.73.